The Labute approximate surface area is 223 Å². The SMILES string of the molecule is CC(C)(C)c1ccc2c(c1)c1cc(C(C)(C)C)ccc1n2-c1ccc(C=Cc2ccc(Br)cc2)cc1. The summed E-state index contributed by atoms with van der Waals surface area (Å²) in [6.45, 7) is 13.7. The van der Waals surface area contributed by atoms with Crippen LogP contribution in [0.3, 0.4) is 0 Å². The summed E-state index contributed by atoms with van der Waals surface area (Å²) < 4.78 is 3.51. The second kappa shape index (κ2) is 9.09. The van der Waals surface area contributed by atoms with E-state index in [1.807, 2.05) is 0 Å². The summed E-state index contributed by atoms with van der Waals surface area (Å²) in [4.78, 5) is 0. The Morgan fingerprint density at radius 2 is 0.972 bits per heavy atom. The highest BCUT2D eigenvalue weighted by Crippen LogP contribution is 2.37. The molecule has 36 heavy (non-hydrogen) atoms. The van der Waals surface area contributed by atoms with Crippen LogP contribution in [-0.4, -0.2) is 4.57 Å². The number of halogens is 1. The maximum atomic E-state index is 3.50. The van der Waals surface area contributed by atoms with Crippen molar-refractivity contribution in [1.29, 1.82) is 0 Å². The maximum Gasteiger partial charge on any atom is 0.0541 e. The quantitative estimate of drug-likeness (QED) is 0.202. The van der Waals surface area contributed by atoms with Crippen LogP contribution < -0.4 is 0 Å². The van der Waals surface area contributed by atoms with Crippen molar-refractivity contribution in [3.63, 3.8) is 0 Å². The van der Waals surface area contributed by atoms with Gasteiger partial charge in [-0.25, -0.2) is 0 Å². The summed E-state index contributed by atoms with van der Waals surface area (Å²) in [5, 5.41) is 2.64. The van der Waals surface area contributed by atoms with Crippen LogP contribution in [0.5, 0.6) is 0 Å². The third-order valence-corrected chi connectivity index (χ3v) is 7.52. The molecular formula is C34H34BrN. The minimum atomic E-state index is 0.104. The number of hydrogen-bond donors (Lipinski definition) is 0. The molecule has 5 rings (SSSR count). The molecule has 0 aliphatic rings. The maximum absolute atomic E-state index is 3.50. The van der Waals surface area contributed by atoms with E-state index in [9.17, 15) is 0 Å². The summed E-state index contributed by atoms with van der Waals surface area (Å²) in [7, 11) is 0. The van der Waals surface area contributed by atoms with Crippen LogP contribution in [0.4, 0.5) is 0 Å². The average molecular weight is 537 g/mol. The molecule has 0 radical (unpaired) electrons. The second-order valence-electron chi connectivity index (χ2n) is 11.8. The average Bonchev–Trinajstić information content (AvgIpc) is 3.16. The molecule has 1 heterocycles. The number of benzene rings is 4. The minimum Gasteiger partial charge on any atom is -0.309 e. The van der Waals surface area contributed by atoms with Gasteiger partial charge >= 0.3 is 0 Å². The number of hydrogen-bond acceptors (Lipinski definition) is 0. The Balaban J connectivity index is 1.63. The topological polar surface area (TPSA) is 4.93 Å². The van der Waals surface area contributed by atoms with E-state index in [0.29, 0.717) is 0 Å². The van der Waals surface area contributed by atoms with Gasteiger partial charge in [0.15, 0.2) is 0 Å². The van der Waals surface area contributed by atoms with Gasteiger partial charge in [-0.1, -0.05) is 106 Å². The summed E-state index contributed by atoms with van der Waals surface area (Å²) in [6, 6.07) is 31.2. The van der Waals surface area contributed by atoms with Crippen LogP contribution in [0, 0.1) is 0 Å². The molecular weight excluding hydrogens is 502 g/mol. The molecule has 182 valence electrons. The predicted octanol–water partition coefficient (Wildman–Crippen LogP) is 10.3. The first-order valence-electron chi connectivity index (χ1n) is 12.6. The van der Waals surface area contributed by atoms with Gasteiger partial charge in [0, 0.05) is 20.9 Å². The summed E-state index contributed by atoms with van der Waals surface area (Å²) in [6.07, 6.45) is 4.33. The number of rotatable bonds is 3. The predicted molar refractivity (Wildman–Crippen MR) is 161 cm³/mol. The normalized spacial score (nSPS) is 12.8. The van der Waals surface area contributed by atoms with Crippen LogP contribution in [0.25, 0.3) is 39.6 Å². The van der Waals surface area contributed by atoms with Gasteiger partial charge in [-0.3, -0.25) is 0 Å². The summed E-state index contributed by atoms with van der Waals surface area (Å²) in [5.41, 5.74) is 9.00. The van der Waals surface area contributed by atoms with Crippen molar-refractivity contribution in [3.05, 3.63) is 112 Å². The molecule has 2 heteroatoms. The highest BCUT2D eigenvalue weighted by atomic mass is 79.9. The first kappa shape index (κ1) is 24.6. The molecule has 5 aromatic rings. The lowest BCUT2D eigenvalue weighted by atomic mass is 9.85. The Bertz CT molecular complexity index is 1500. The van der Waals surface area contributed by atoms with Crippen molar-refractivity contribution in [2.45, 2.75) is 52.4 Å². The first-order valence-corrected chi connectivity index (χ1v) is 13.4. The zero-order valence-electron chi connectivity index (χ0n) is 22.1. The van der Waals surface area contributed by atoms with E-state index in [0.717, 1.165) is 4.47 Å². The molecule has 0 amide bonds. The molecule has 0 aliphatic carbocycles. The Morgan fingerprint density at radius 1 is 0.556 bits per heavy atom. The van der Waals surface area contributed by atoms with E-state index >= 15 is 0 Å². The highest BCUT2D eigenvalue weighted by molar-refractivity contribution is 9.10. The second-order valence-corrected chi connectivity index (χ2v) is 12.7. The Morgan fingerprint density at radius 3 is 1.39 bits per heavy atom. The van der Waals surface area contributed by atoms with Gasteiger partial charge < -0.3 is 4.57 Å². The van der Waals surface area contributed by atoms with Gasteiger partial charge in [0.05, 0.1) is 11.0 Å². The standard InChI is InChI=1S/C34H34BrN/c1-33(2,3)25-13-19-31-29(21-25)30-22-26(34(4,5)6)14-20-32(30)36(31)28-17-11-24(12-18-28)8-7-23-9-15-27(35)16-10-23/h7-22H,1-6H3. The van der Waals surface area contributed by atoms with E-state index < -0.39 is 0 Å². The largest absolute Gasteiger partial charge is 0.309 e. The fourth-order valence-electron chi connectivity index (χ4n) is 4.74. The van der Waals surface area contributed by atoms with E-state index in [1.165, 1.54) is 49.7 Å². The molecule has 1 aromatic heterocycles. The molecule has 0 N–H and O–H groups in total. The molecule has 0 unspecified atom stereocenters. The number of fused-ring (bicyclic) bond motifs is 3. The molecule has 0 saturated carbocycles. The van der Waals surface area contributed by atoms with Crippen LogP contribution in [0.15, 0.2) is 89.4 Å². The molecule has 0 aliphatic heterocycles. The van der Waals surface area contributed by atoms with Gasteiger partial charge in [-0.05, 0) is 81.6 Å². The molecule has 0 fully saturated rings. The van der Waals surface area contributed by atoms with Gasteiger partial charge in [0.1, 0.15) is 0 Å². The van der Waals surface area contributed by atoms with Crippen molar-refractivity contribution >= 4 is 49.9 Å². The lowest BCUT2D eigenvalue weighted by Gasteiger charge is -2.19. The van der Waals surface area contributed by atoms with Gasteiger partial charge in [-0.15, -0.1) is 0 Å². The molecule has 4 aromatic carbocycles. The van der Waals surface area contributed by atoms with Gasteiger partial charge in [0.25, 0.3) is 0 Å². The molecule has 0 atom stereocenters. The first-order chi connectivity index (χ1) is 17.0. The zero-order valence-corrected chi connectivity index (χ0v) is 23.6. The van der Waals surface area contributed by atoms with Gasteiger partial charge in [0.2, 0.25) is 0 Å². The van der Waals surface area contributed by atoms with Crippen LogP contribution in [-0.2, 0) is 10.8 Å². The van der Waals surface area contributed by atoms with E-state index in [4.69, 9.17) is 0 Å². The molecule has 0 saturated heterocycles. The summed E-state index contributed by atoms with van der Waals surface area (Å²) in [5.74, 6) is 0. The van der Waals surface area contributed by atoms with E-state index in [1.54, 1.807) is 0 Å². The lowest BCUT2D eigenvalue weighted by Crippen LogP contribution is -2.10. The van der Waals surface area contributed by atoms with Crippen molar-refractivity contribution in [3.8, 4) is 5.69 Å². The Kier molecular flexibility index (Phi) is 6.21. The molecule has 0 spiro atoms. The summed E-state index contributed by atoms with van der Waals surface area (Å²) >= 11 is 3.50. The van der Waals surface area contributed by atoms with Crippen molar-refractivity contribution in [2.75, 3.05) is 0 Å². The lowest BCUT2D eigenvalue weighted by molar-refractivity contribution is 0.590. The van der Waals surface area contributed by atoms with Crippen molar-refractivity contribution < 1.29 is 0 Å². The third-order valence-electron chi connectivity index (χ3n) is 6.99. The molecule has 0 bridgehead atoms. The Hall–Kier alpha value is -3.10. The van der Waals surface area contributed by atoms with E-state index in [2.05, 4.69) is 159 Å². The molecule has 1 nitrogen and oxygen atoms in total. The van der Waals surface area contributed by atoms with Crippen LogP contribution >= 0.6 is 15.9 Å². The third kappa shape index (κ3) is 4.80. The number of aromatic nitrogens is 1. The van der Waals surface area contributed by atoms with Crippen molar-refractivity contribution in [1.82, 2.24) is 4.57 Å². The van der Waals surface area contributed by atoms with Gasteiger partial charge in [-0.2, -0.15) is 0 Å². The zero-order chi connectivity index (χ0) is 25.7. The smallest absolute Gasteiger partial charge is 0.0541 e. The monoisotopic (exact) mass is 535 g/mol. The highest BCUT2D eigenvalue weighted by Gasteiger charge is 2.20. The fraction of sp³-hybridized carbons (Fsp3) is 0.235. The van der Waals surface area contributed by atoms with Crippen molar-refractivity contribution in [2.24, 2.45) is 0 Å². The van der Waals surface area contributed by atoms with E-state index in [-0.39, 0.29) is 10.8 Å². The number of nitrogens with zero attached hydrogens (tertiary/aromatic N) is 1. The van der Waals surface area contributed by atoms with Crippen LogP contribution in [0.1, 0.15) is 63.8 Å². The minimum absolute atomic E-state index is 0.104. The fourth-order valence-corrected chi connectivity index (χ4v) is 5.00. The van der Waals surface area contributed by atoms with Crippen LogP contribution in [0.2, 0.25) is 0 Å².